The van der Waals surface area contributed by atoms with Crippen molar-refractivity contribution in [3.8, 4) is 0 Å². The SMILES string of the molecule is CCOC(=O)C1(C)C/C(=N\N)C(=O)N1c1ccc(F)cc1. The molecular formula is C14H16FN3O3. The van der Waals surface area contributed by atoms with Gasteiger partial charge in [0.05, 0.1) is 6.61 Å². The van der Waals surface area contributed by atoms with Crippen LogP contribution in [0.15, 0.2) is 29.4 Å². The van der Waals surface area contributed by atoms with E-state index in [0.717, 1.165) is 0 Å². The fourth-order valence-corrected chi connectivity index (χ4v) is 2.38. The third-order valence-electron chi connectivity index (χ3n) is 3.41. The first-order chi connectivity index (χ1) is 9.93. The molecule has 1 atom stereocenters. The molecule has 21 heavy (non-hydrogen) atoms. The lowest BCUT2D eigenvalue weighted by atomic mass is 9.98. The van der Waals surface area contributed by atoms with Crippen LogP contribution in [-0.4, -0.2) is 29.7 Å². The molecule has 0 saturated carbocycles. The maximum absolute atomic E-state index is 13.0. The van der Waals surface area contributed by atoms with Gasteiger partial charge in [-0.25, -0.2) is 9.18 Å². The van der Waals surface area contributed by atoms with Gasteiger partial charge >= 0.3 is 5.97 Å². The van der Waals surface area contributed by atoms with Crippen molar-refractivity contribution in [2.75, 3.05) is 11.5 Å². The van der Waals surface area contributed by atoms with Gasteiger partial charge in [-0.3, -0.25) is 9.69 Å². The topological polar surface area (TPSA) is 85.0 Å². The van der Waals surface area contributed by atoms with Gasteiger partial charge in [0, 0.05) is 12.1 Å². The molecule has 1 saturated heterocycles. The molecule has 1 amide bonds. The molecular weight excluding hydrogens is 277 g/mol. The summed E-state index contributed by atoms with van der Waals surface area (Å²) in [5.74, 6) is 3.74. The highest BCUT2D eigenvalue weighted by Crippen LogP contribution is 2.34. The number of hydrogen-bond acceptors (Lipinski definition) is 5. The number of anilines is 1. The average Bonchev–Trinajstić information content (AvgIpc) is 2.73. The lowest BCUT2D eigenvalue weighted by Gasteiger charge is -2.32. The van der Waals surface area contributed by atoms with E-state index in [9.17, 15) is 14.0 Å². The number of amides is 1. The molecule has 0 aromatic heterocycles. The molecule has 0 aliphatic carbocycles. The molecule has 0 bridgehead atoms. The normalized spacial score (nSPS) is 23.7. The van der Waals surface area contributed by atoms with E-state index in [1.54, 1.807) is 13.8 Å². The number of rotatable bonds is 3. The first kappa shape index (κ1) is 15.0. The van der Waals surface area contributed by atoms with Gasteiger partial charge < -0.3 is 10.6 Å². The van der Waals surface area contributed by atoms with E-state index < -0.39 is 23.2 Å². The maximum atomic E-state index is 13.0. The molecule has 7 heteroatoms. The molecule has 2 N–H and O–H groups in total. The number of esters is 1. The number of hydrogen-bond donors (Lipinski definition) is 1. The fourth-order valence-electron chi connectivity index (χ4n) is 2.38. The number of nitrogens with zero attached hydrogens (tertiary/aromatic N) is 2. The fraction of sp³-hybridized carbons (Fsp3) is 0.357. The van der Waals surface area contributed by atoms with Crippen LogP contribution in [0, 0.1) is 5.82 Å². The Balaban J connectivity index is 2.49. The zero-order valence-electron chi connectivity index (χ0n) is 11.8. The monoisotopic (exact) mass is 293 g/mol. The molecule has 1 aromatic carbocycles. The predicted octanol–water partition coefficient (Wildman–Crippen LogP) is 1.20. The zero-order chi connectivity index (χ0) is 15.6. The highest BCUT2D eigenvalue weighted by molar-refractivity contribution is 6.48. The number of nitrogens with two attached hydrogens (primary N) is 1. The van der Waals surface area contributed by atoms with Gasteiger partial charge in [0.15, 0.2) is 0 Å². The van der Waals surface area contributed by atoms with Crippen molar-refractivity contribution in [3.63, 3.8) is 0 Å². The molecule has 1 unspecified atom stereocenters. The van der Waals surface area contributed by atoms with Crippen LogP contribution in [0.3, 0.4) is 0 Å². The number of hydrazone groups is 1. The number of halogens is 1. The lowest BCUT2D eigenvalue weighted by Crippen LogP contribution is -2.50. The van der Waals surface area contributed by atoms with Crippen LogP contribution in [0.25, 0.3) is 0 Å². The molecule has 0 spiro atoms. The molecule has 2 rings (SSSR count). The van der Waals surface area contributed by atoms with E-state index in [-0.39, 0.29) is 18.7 Å². The quantitative estimate of drug-likeness (QED) is 0.515. The van der Waals surface area contributed by atoms with Crippen LogP contribution < -0.4 is 10.7 Å². The summed E-state index contributed by atoms with van der Waals surface area (Å²) in [5, 5.41) is 3.44. The van der Waals surface area contributed by atoms with Crippen molar-refractivity contribution in [2.45, 2.75) is 25.8 Å². The minimum absolute atomic E-state index is 0.0402. The minimum Gasteiger partial charge on any atom is -0.464 e. The second-order valence-electron chi connectivity index (χ2n) is 4.86. The maximum Gasteiger partial charge on any atom is 0.332 e. The molecule has 112 valence electrons. The lowest BCUT2D eigenvalue weighted by molar-refractivity contribution is -0.149. The summed E-state index contributed by atoms with van der Waals surface area (Å²) in [7, 11) is 0. The summed E-state index contributed by atoms with van der Waals surface area (Å²) in [4.78, 5) is 25.8. The number of carbonyl (C=O) groups is 2. The average molecular weight is 293 g/mol. The van der Waals surface area contributed by atoms with Crippen molar-refractivity contribution in [1.29, 1.82) is 0 Å². The van der Waals surface area contributed by atoms with E-state index in [2.05, 4.69) is 5.10 Å². The molecule has 1 heterocycles. The Bertz CT molecular complexity index is 600. The van der Waals surface area contributed by atoms with Gasteiger partial charge in [0.25, 0.3) is 5.91 Å². The molecule has 6 nitrogen and oxygen atoms in total. The molecule has 1 aromatic rings. The van der Waals surface area contributed by atoms with Crippen molar-refractivity contribution in [3.05, 3.63) is 30.1 Å². The predicted molar refractivity (Wildman–Crippen MR) is 75.2 cm³/mol. The summed E-state index contributed by atoms with van der Waals surface area (Å²) in [6, 6.07) is 5.27. The van der Waals surface area contributed by atoms with Crippen LogP contribution in [0.5, 0.6) is 0 Å². The van der Waals surface area contributed by atoms with Crippen molar-refractivity contribution < 1.29 is 18.7 Å². The Morgan fingerprint density at radius 2 is 2.10 bits per heavy atom. The van der Waals surface area contributed by atoms with Crippen LogP contribution in [0.2, 0.25) is 0 Å². The summed E-state index contributed by atoms with van der Waals surface area (Å²) in [5.41, 5.74) is -0.783. The van der Waals surface area contributed by atoms with Gasteiger partial charge in [-0.2, -0.15) is 5.10 Å². The van der Waals surface area contributed by atoms with Crippen molar-refractivity contribution >= 4 is 23.3 Å². The van der Waals surface area contributed by atoms with Gasteiger partial charge in [-0.15, -0.1) is 0 Å². The van der Waals surface area contributed by atoms with Crippen molar-refractivity contribution in [2.24, 2.45) is 10.9 Å². The van der Waals surface area contributed by atoms with Gasteiger partial charge in [0.1, 0.15) is 17.1 Å². The first-order valence-corrected chi connectivity index (χ1v) is 6.48. The second-order valence-corrected chi connectivity index (χ2v) is 4.86. The smallest absolute Gasteiger partial charge is 0.332 e. The summed E-state index contributed by atoms with van der Waals surface area (Å²) in [6.07, 6.45) is 0.0402. The van der Waals surface area contributed by atoms with E-state index in [1.807, 2.05) is 0 Å². The highest BCUT2D eigenvalue weighted by Gasteiger charge is 2.53. The summed E-state index contributed by atoms with van der Waals surface area (Å²) < 4.78 is 18.1. The number of ether oxygens (including phenoxy) is 1. The van der Waals surface area contributed by atoms with E-state index in [4.69, 9.17) is 10.6 Å². The van der Waals surface area contributed by atoms with E-state index in [1.165, 1.54) is 29.2 Å². The minimum atomic E-state index is -1.25. The van der Waals surface area contributed by atoms with Crippen LogP contribution >= 0.6 is 0 Å². The molecule has 1 fully saturated rings. The molecule has 1 aliphatic rings. The second kappa shape index (κ2) is 5.51. The Kier molecular flexibility index (Phi) is 3.93. The van der Waals surface area contributed by atoms with Gasteiger partial charge in [0.2, 0.25) is 0 Å². The third-order valence-corrected chi connectivity index (χ3v) is 3.41. The standard InChI is InChI=1S/C14H16FN3O3/c1-3-21-13(20)14(2)8-11(17-16)12(19)18(14)10-6-4-9(15)5-7-10/h4-7H,3,8,16H2,1-2H3/b17-11+. The number of carbonyl (C=O) groups excluding carboxylic acids is 2. The van der Waals surface area contributed by atoms with Gasteiger partial charge in [-0.05, 0) is 38.1 Å². The van der Waals surface area contributed by atoms with E-state index in [0.29, 0.717) is 5.69 Å². The Hall–Kier alpha value is -2.44. The highest BCUT2D eigenvalue weighted by atomic mass is 19.1. The zero-order valence-corrected chi connectivity index (χ0v) is 11.8. The Labute approximate surface area is 121 Å². The van der Waals surface area contributed by atoms with Crippen LogP contribution in [0.4, 0.5) is 10.1 Å². The van der Waals surface area contributed by atoms with Crippen LogP contribution in [-0.2, 0) is 14.3 Å². The first-order valence-electron chi connectivity index (χ1n) is 6.48. The van der Waals surface area contributed by atoms with Gasteiger partial charge in [-0.1, -0.05) is 0 Å². The van der Waals surface area contributed by atoms with E-state index >= 15 is 0 Å². The summed E-state index contributed by atoms with van der Waals surface area (Å²) >= 11 is 0. The number of benzene rings is 1. The largest absolute Gasteiger partial charge is 0.464 e. The third kappa shape index (κ3) is 2.46. The van der Waals surface area contributed by atoms with Crippen molar-refractivity contribution in [1.82, 2.24) is 0 Å². The van der Waals surface area contributed by atoms with Crippen LogP contribution in [0.1, 0.15) is 20.3 Å². The molecule has 0 radical (unpaired) electrons. The molecule has 1 aliphatic heterocycles. The Morgan fingerprint density at radius 1 is 1.48 bits per heavy atom. The Morgan fingerprint density at radius 3 is 2.62 bits per heavy atom. The summed E-state index contributed by atoms with van der Waals surface area (Å²) in [6.45, 7) is 3.44.